The number of amides is 1. The molecule has 0 radical (unpaired) electrons. The molecule has 3 heterocycles. The van der Waals surface area contributed by atoms with E-state index in [1.165, 1.54) is 25.8 Å². The van der Waals surface area contributed by atoms with Crippen LogP contribution in [0, 0.1) is 0 Å². The van der Waals surface area contributed by atoms with E-state index in [0.717, 1.165) is 18.7 Å². The molecule has 2 aliphatic rings. The summed E-state index contributed by atoms with van der Waals surface area (Å²) in [4.78, 5) is 19.0. The number of fused-ring (bicyclic) bond motifs is 1. The van der Waals surface area contributed by atoms with E-state index in [2.05, 4.69) is 20.5 Å². The Morgan fingerprint density at radius 1 is 1.35 bits per heavy atom. The minimum absolute atomic E-state index is 0.0140. The molecule has 0 bridgehead atoms. The smallest absolute Gasteiger partial charge is 0.255 e. The van der Waals surface area contributed by atoms with Crippen LogP contribution in [-0.2, 0) is 0 Å². The molecule has 1 aromatic rings. The van der Waals surface area contributed by atoms with E-state index >= 15 is 0 Å². The standard InChI is InChI=1S/C15H22N4O/c1-16-12-5-7-17-10-11(12)15(20)18-13-6-9-19-8-3-2-4-14(13)19/h5,7,10,13-14H,2-4,6,8-9H2,1H3,(H,16,17)(H,18,20). The van der Waals surface area contributed by atoms with Crippen LogP contribution in [-0.4, -0.2) is 48.0 Å². The van der Waals surface area contributed by atoms with E-state index in [4.69, 9.17) is 0 Å². The van der Waals surface area contributed by atoms with Gasteiger partial charge in [0, 0.05) is 43.8 Å². The molecule has 2 saturated heterocycles. The Bertz CT molecular complexity index is 491. The fraction of sp³-hybridized carbons (Fsp3) is 0.600. The lowest BCUT2D eigenvalue weighted by Crippen LogP contribution is -2.46. The van der Waals surface area contributed by atoms with E-state index in [0.29, 0.717) is 11.6 Å². The highest BCUT2D eigenvalue weighted by Crippen LogP contribution is 2.27. The van der Waals surface area contributed by atoms with Crippen LogP contribution in [0.25, 0.3) is 0 Å². The number of aromatic nitrogens is 1. The molecule has 1 amide bonds. The number of nitrogens with one attached hydrogen (secondary N) is 2. The summed E-state index contributed by atoms with van der Waals surface area (Å²) in [5.74, 6) is -0.0140. The molecular formula is C15H22N4O. The Morgan fingerprint density at radius 2 is 2.25 bits per heavy atom. The normalized spacial score (nSPS) is 26.1. The molecule has 20 heavy (non-hydrogen) atoms. The second kappa shape index (κ2) is 5.79. The molecule has 0 aromatic carbocycles. The average Bonchev–Trinajstić information content (AvgIpc) is 2.90. The number of carbonyl (C=O) groups excluding carboxylic acids is 1. The van der Waals surface area contributed by atoms with Gasteiger partial charge in [0.2, 0.25) is 0 Å². The van der Waals surface area contributed by atoms with Gasteiger partial charge in [-0.25, -0.2) is 0 Å². The van der Waals surface area contributed by atoms with Crippen LogP contribution in [0.4, 0.5) is 5.69 Å². The van der Waals surface area contributed by atoms with E-state index in [1.807, 2.05) is 13.1 Å². The van der Waals surface area contributed by atoms with Crippen molar-refractivity contribution in [3.05, 3.63) is 24.0 Å². The molecule has 1 aromatic heterocycles. The minimum Gasteiger partial charge on any atom is -0.387 e. The van der Waals surface area contributed by atoms with Gasteiger partial charge in [0.25, 0.3) is 5.91 Å². The molecule has 2 unspecified atom stereocenters. The van der Waals surface area contributed by atoms with E-state index in [1.54, 1.807) is 12.4 Å². The number of hydrogen-bond donors (Lipinski definition) is 2. The zero-order valence-electron chi connectivity index (χ0n) is 11.9. The molecular weight excluding hydrogens is 252 g/mol. The zero-order valence-corrected chi connectivity index (χ0v) is 11.9. The van der Waals surface area contributed by atoms with Gasteiger partial charge >= 0.3 is 0 Å². The highest BCUT2D eigenvalue weighted by atomic mass is 16.1. The molecule has 2 fully saturated rings. The predicted octanol–water partition coefficient (Wildman–Crippen LogP) is 1.48. The summed E-state index contributed by atoms with van der Waals surface area (Å²) >= 11 is 0. The molecule has 3 rings (SSSR count). The first-order chi connectivity index (χ1) is 9.79. The third kappa shape index (κ3) is 2.50. The van der Waals surface area contributed by atoms with Gasteiger partial charge < -0.3 is 10.6 Å². The Balaban J connectivity index is 1.70. The van der Waals surface area contributed by atoms with Gasteiger partial charge in [-0.2, -0.15) is 0 Å². The van der Waals surface area contributed by atoms with Crippen molar-refractivity contribution in [1.82, 2.24) is 15.2 Å². The largest absolute Gasteiger partial charge is 0.387 e. The molecule has 0 saturated carbocycles. The van der Waals surface area contributed by atoms with E-state index < -0.39 is 0 Å². The zero-order chi connectivity index (χ0) is 13.9. The molecule has 0 spiro atoms. The van der Waals surface area contributed by atoms with Crippen LogP contribution in [0.2, 0.25) is 0 Å². The number of pyridine rings is 1. The van der Waals surface area contributed by atoms with Gasteiger partial charge in [-0.15, -0.1) is 0 Å². The van der Waals surface area contributed by atoms with Crippen molar-refractivity contribution in [1.29, 1.82) is 0 Å². The highest BCUT2D eigenvalue weighted by molar-refractivity contribution is 5.99. The first-order valence-corrected chi connectivity index (χ1v) is 7.46. The van der Waals surface area contributed by atoms with Gasteiger partial charge in [-0.05, 0) is 31.9 Å². The lowest BCUT2D eigenvalue weighted by Gasteiger charge is -2.32. The summed E-state index contributed by atoms with van der Waals surface area (Å²) in [6.07, 6.45) is 8.17. The van der Waals surface area contributed by atoms with Gasteiger partial charge in [-0.1, -0.05) is 6.42 Å². The summed E-state index contributed by atoms with van der Waals surface area (Å²) < 4.78 is 0. The summed E-state index contributed by atoms with van der Waals surface area (Å²) in [6.45, 7) is 2.30. The lowest BCUT2D eigenvalue weighted by atomic mass is 9.99. The Kier molecular flexibility index (Phi) is 3.87. The molecule has 5 heteroatoms. The minimum atomic E-state index is -0.0140. The maximum absolute atomic E-state index is 12.4. The number of hydrogen-bond acceptors (Lipinski definition) is 4. The number of piperidine rings is 1. The van der Waals surface area contributed by atoms with Crippen LogP contribution >= 0.6 is 0 Å². The van der Waals surface area contributed by atoms with Gasteiger partial charge in [0.05, 0.1) is 5.56 Å². The average molecular weight is 274 g/mol. The second-order valence-corrected chi connectivity index (χ2v) is 5.64. The van der Waals surface area contributed by atoms with Crippen molar-refractivity contribution in [2.45, 2.75) is 37.8 Å². The Hall–Kier alpha value is -1.62. The monoisotopic (exact) mass is 274 g/mol. The number of carbonyl (C=O) groups is 1. The molecule has 2 aliphatic heterocycles. The van der Waals surface area contributed by atoms with Gasteiger partial charge in [0.15, 0.2) is 0 Å². The SMILES string of the molecule is CNc1ccncc1C(=O)NC1CCN2CCCCC12. The van der Waals surface area contributed by atoms with Crippen LogP contribution in [0.3, 0.4) is 0 Å². The first-order valence-electron chi connectivity index (χ1n) is 7.46. The van der Waals surface area contributed by atoms with Crippen LogP contribution in [0.1, 0.15) is 36.0 Å². The summed E-state index contributed by atoms with van der Waals surface area (Å²) in [5.41, 5.74) is 1.46. The van der Waals surface area contributed by atoms with Crippen molar-refractivity contribution in [3.8, 4) is 0 Å². The van der Waals surface area contributed by atoms with Crippen LogP contribution < -0.4 is 10.6 Å². The van der Waals surface area contributed by atoms with Crippen LogP contribution in [0.5, 0.6) is 0 Å². The van der Waals surface area contributed by atoms with Crippen molar-refractivity contribution in [2.75, 3.05) is 25.5 Å². The Labute approximate surface area is 119 Å². The predicted molar refractivity (Wildman–Crippen MR) is 78.9 cm³/mol. The Morgan fingerprint density at radius 3 is 3.10 bits per heavy atom. The van der Waals surface area contributed by atoms with E-state index in [-0.39, 0.29) is 11.9 Å². The lowest BCUT2D eigenvalue weighted by molar-refractivity contribution is 0.0916. The number of anilines is 1. The fourth-order valence-electron chi connectivity index (χ4n) is 3.46. The van der Waals surface area contributed by atoms with Crippen molar-refractivity contribution in [3.63, 3.8) is 0 Å². The third-order valence-corrected chi connectivity index (χ3v) is 4.51. The molecule has 2 atom stereocenters. The summed E-state index contributed by atoms with van der Waals surface area (Å²) in [7, 11) is 1.82. The van der Waals surface area contributed by atoms with Crippen molar-refractivity contribution in [2.24, 2.45) is 0 Å². The van der Waals surface area contributed by atoms with Gasteiger partial charge in [0.1, 0.15) is 0 Å². The molecule has 2 N–H and O–H groups in total. The fourth-order valence-corrected chi connectivity index (χ4v) is 3.46. The molecule has 5 nitrogen and oxygen atoms in total. The maximum Gasteiger partial charge on any atom is 0.255 e. The summed E-state index contributed by atoms with van der Waals surface area (Å²) in [6, 6.07) is 2.64. The molecule has 108 valence electrons. The van der Waals surface area contributed by atoms with Crippen LogP contribution in [0.15, 0.2) is 18.5 Å². The first kappa shape index (κ1) is 13.4. The third-order valence-electron chi connectivity index (χ3n) is 4.51. The van der Waals surface area contributed by atoms with Crippen molar-refractivity contribution < 1.29 is 4.79 Å². The topological polar surface area (TPSA) is 57.3 Å². The number of rotatable bonds is 3. The quantitative estimate of drug-likeness (QED) is 0.876. The summed E-state index contributed by atoms with van der Waals surface area (Å²) in [5, 5.41) is 6.25. The van der Waals surface area contributed by atoms with Crippen molar-refractivity contribution >= 4 is 11.6 Å². The number of nitrogens with zero attached hydrogens (tertiary/aromatic N) is 2. The highest BCUT2D eigenvalue weighted by Gasteiger charge is 2.36. The second-order valence-electron chi connectivity index (χ2n) is 5.64. The van der Waals surface area contributed by atoms with E-state index in [9.17, 15) is 4.79 Å². The maximum atomic E-state index is 12.4. The van der Waals surface area contributed by atoms with Gasteiger partial charge in [-0.3, -0.25) is 14.7 Å². The molecule has 0 aliphatic carbocycles.